The van der Waals surface area contributed by atoms with Crippen molar-refractivity contribution in [2.24, 2.45) is 0 Å². The van der Waals surface area contributed by atoms with E-state index in [0.717, 1.165) is 36.8 Å². The maximum Gasteiger partial charge on any atom is 0.218 e. The first-order valence-electron chi connectivity index (χ1n) is 7.70. The molecule has 1 aromatic carbocycles. The van der Waals surface area contributed by atoms with Crippen LogP contribution in [0.25, 0.3) is 0 Å². The Morgan fingerprint density at radius 1 is 1.19 bits per heavy atom. The van der Waals surface area contributed by atoms with E-state index in [2.05, 4.69) is 0 Å². The molecule has 0 N–H and O–H groups in total. The molecule has 5 heteroatoms. The fraction of sp³-hybridized carbons (Fsp3) is 0.625. The molecule has 0 radical (unpaired) electrons. The summed E-state index contributed by atoms with van der Waals surface area (Å²) in [4.78, 5) is 0. The first kappa shape index (κ1) is 16.8. The van der Waals surface area contributed by atoms with E-state index in [4.69, 9.17) is 11.6 Å². The summed E-state index contributed by atoms with van der Waals surface area (Å²) in [5.41, 5.74) is 1.78. The number of rotatable bonds is 6. The van der Waals surface area contributed by atoms with E-state index >= 15 is 0 Å². The van der Waals surface area contributed by atoms with Crippen molar-refractivity contribution in [1.29, 1.82) is 0 Å². The molecule has 0 bridgehead atoms. The lowest BCUT2D eigenvalue weighted by Gasteiger charge is -2.32. The van der Waals surface area contributed by atoms with Gasteiger partial charge in [-0.15, -0.1) is 11.6 Å². The van der Waals surface area contributed by atoms with Gasteiger partial charge in [0.05, 0.1) is 5.75 Å². The van der Waals surface area contributed by atoms with Crippen LogP contribution in [0, 0.1) is 0 Å². The molecule has 0 unspecified atom stereocenters. The van der Waals surface area contributed by atoms with E-state index < -0.39 is 10.0 Å². The second kappa shape index (κ2) is 7.61. The smallest absolute Gasteiger partial charge is 0.212 e. The molecule has 0 atom stereocenters. The molecule has 0 saturated heterocycles. The summed E-state index contributed by atoms with van der Waals surface area (Å²) in [6, 6.07) is 7.73. The van der Waals surface area contributed by atoms with Crippen LogP contribution in [0.3, 0.4) is 0 Å². The maximum atomic E-state index is 12.7. The molecule has 0 aliphatic heterocycles. The van der Waals surface area contributed by atoms with Crippen molar-refractivity contribution in [3.8, 4) is 0 Å². The normalized spacial score (nSPS) is 17.3. The number of alkyl halides is 1. The molecule has 1 fully saturated rings. The van der Waals surface area contributed by atoms with Crippen LogP contribution in [0.15, 0.2) is 24.3 Å². The Bertz CT molecular complexity index is 553. The quantitative estimate of drug-likeness (QED) is 0.742. The Balaban J connectivity index is 2.14. The molecule has 0 amide bonds. The SMILES string of the molecule is CCN(C1CCCCC1)S(=O)(=O)Cc1cccc(CCl)c1. The van der Waals surface area contributed by atoms with Crippen molar-refractivity contribution in [2.75, 3.05) is 6.54 Å². The number of hydrogen-bond acceptors (Lipinski definition) is 2. The molecule has 1 aliphatic rings. The summed E-state index contributed by atoms with van der Waals surface area (Å²) >= 11 is 5.82. The molecule has 21 heavy (non-hydrogen) atoms. The van der Waals surface area contributed by atoms with Crippen LogP contribution in [-0.2, 0) is 21.7 Å². The van der Waals surface area contributed by atoms with Gasteiger partial charge >= 0.3 is 0 Å². The van der Waals surface area contributed by atoms with Crippen molar-refractivity contribution in [3.63, 3.8) is 0 Å². The van der Waals surface area contributed by atoms with E-state index in [0.29, 0.717) is 12.4 Å². The summed E-state index contributed by atoms with van der Waals surface area (Å²) in [6.45, 7) is 2.49. The van der Waals surface area contributed by atoms with Crippen molar-refractivity contribution < 1.29 is 8.42 Å². The zero-order chi connectivity index (χ0) is 15.3. The van der Waals surface area contributed by atoms with Gasteiger partial charge in [-0.1, -0.05) is 50.5 Å². The predicted octanol–water partition coefficient (Wildman–Crippen LogP) is 3.91. The minimum absolute atomic E-state index is 0.0715. The standard InChI is InChI=1S/C16H24ClNO2S/c1-2-18(16-9-4-3-5-10-16)21(19,20)13-15-8-6-7-14(11-15)12-17/h6-8,11,16H,2-5,9-10,12-13H2,1H3. The average molecular weight is 330 g/mol. The third-order valence-corrected chi connectivity index (χ3v) is 6.42. The number of benzene rings is 1. The molecule has 0 heterocycles. The van der Waals surface area contributed by atoms with Crippen LogP contribution in [0.5, 0.6) is 0 Å². The second-order valence-corrected chi connectivity index (χ2v) is 7.89. The highest BCUT2D eigenvalue weighted by molar-refractivity contribution is 7.88. The highest BCUT2D eigenvalue weighted by Gasteiger charge is 2.29. The fourth-order valence-electron chi connectivity index (χ4n) is 3.15. The number of sulfonamides is 1. The summed E-state index contributed by atoms with van der Waals surface area (Å²) in [5, 5.41) is 0. The first-order valence-corrected chi connectivity index (χ1v) is 9.84. The van der Waals surface area contributed by atoms with Gasteiger partial charge in [-0.05, 0) is 24.0 Å². The van der Waals surface area contributed by atoms with Crippen LogP contribution in [-0.4, -0.2) is 25.3 Å². The number of halogens is 1. The van der Waals surface area contributed by atoms with Crippen molar-refractivity contribution in [1.82, 2.24) is 4.31 Å². The lowest BCUT2D eigenvalue weighted by molar-refractivity contribution is 0.261. The molecule has 1 aliphatic carbocycles. The number of nitrogens with zero attached hydrogens (tertiary/aromatic N) is 1. The van der Waals surface area contributed by atoms with E-state index in [1.54, 1.807) is 4.31 Å². The summed E-state index contributed by atoms with van der Waals surface area (Å²) in [5.74, 6) is 0.482. The number of hydrogen-bond donors (Lipinski definition) is 0. The Morgan fingerprint density at radius 2 is 1.86 bits per heavy atom. The monoisotopic (exact) mass is 329 g/mol. The van der Waals surface area contributed by atoms with Gasteiger partial charge in [0.15, 0.2) is 0 Å². The van der Waals surface area contributed by atoms with E-state index in [1.807, 2.05) is 31.2 Å². The first-order chi connectivity index (χ1) is 10.1. The van der Waals surface area contributed by atoms with Crippen molar-refractivity contribution >= 4 is 21.6 Å². The largest absolute Gasteiger partial charge is 0.218 e. The van der Waals surface area contributed by atoms with E-state index in [-0.39, 0.29) is 11.8 Å². The third kappa shape index (κ3) is 4.44. The highest BCUT2D eigenvalue weighted by Crippen LogP contribution is 2.26. The molecule has 1 saturated carbocycles. The van der Waals surface area contributed by atoms with Gasteiger partial charge in [0.25, 0.3) is 0 Å². The minimum atomic E-state index is -3.26. The van der Waals surface area contributed by atoms with E-state index in [9.17, 15) is 8.42 Å². The second-order valence-electron chi connectivity index (χ2n) is 5.70. The van der Waals surface area contributed by atoms with Gasteiger partial charge in [0.1, 0.15) is 0 Å². The minimum Gasteiger partial charge on any atom is -0.212 e. The molecule has 0 aromatic heterocycles. The topological polar surface area (TPSA) is 37.4 Å². The van der Waals surface area contributed by atoms with Gasteiger partial charge in [0.2, 0.25) is 10.0 Å². The maximum absolute atomic E-state index is 12.7. The Hall–Kier alpha value is -0.580. The predicted molar refractivity (Wildman–Crippen MR) is 87.9 cm³/mol. The van der Waals surface area contributed by atoms with Gasteiger partial charge in [-0.25, -0.2) is 8.42 Å². The lowest BCUT2D eigenvalue weighted by atomic mass is 9.95. The Labute approximate surface area is 133 Å². The Morgan fingerprint density at radius 3 is 2.48 bits per heavy atom. The van der Waals surface area contributed by atoms with Gasteiger partial charge in [-0.3, -0.25) is 0 Å². The van der Waals surface area contributed by atoms with Crippen LogP contribution < -0.4 is 0 Å². The molecule has 3 nitrogen and oxygen atoms in total. The molecule has 118 valence electrons. The summed E-state index contributed by atoms with van der Waals surface area (Å²) in [6.07, 6.45) is 5.49. The molecule has 0 spiro atoms. The summed E-state index contributed by atoms with van der Waals surface area (Å²) < 4.78 is 27.2. The highest BCUT2D eigenvalue weighted by atomic mass is 35.5. The van der Waals surface area contributed by atoms with Crippen LogP contribution in [0.4, 0.5) is 0 Å². The van der Waals surface area contributed by atoms with Crippen LogP contribution in [0.2, 0.25) is 0 Å². The Kier molecular flexibility index (Phi) is 6.08. The van der Waals surface area contributed by atoms with Gasteiger partial charge in [-0.2, -0.15) is 4.31 Å². The van der Waals surface area contributed by atoms with Gasteiger partial charge in [0, 0.05) is 18.5 Å². The third-order valence-electron chi connectivity index (χ3n) is 4.15. The molecular formula is C16H24ClNO2S. The van der Waals surface area contributed by atoms with Gasteiger partial charge < -0.3 is 0 Å². The van der Waals surface area contributed by atoms with Crippen molar-refractivity contribution in [2.45, 2.75) is 56.7 Å². The fourth-order valence-corrected chi connectivity index (χ4v) is 5.14. The van der Waals surface area contributed by atoms with Crippen LogP contribution >= 0.6 is 11.6 Å². The lowest BCUT2D eigenvalue weighted by Crippen LogP contribution is -2.41. The molecular weight excluding hydrogens is 306 g/mol. The van der Waals surface area contributed by atoms with Crippen molar-refractivity contribution in [3.05, 3.63) is 35.4 Å². The van der Waals surface area contributed by atoms with E-state index in [1.165, 1.54) is 6.42 Å². The zero-order valence-corrected chi connectivity index (χ0v) is 14.2. The van der Waals surface area contributed by atoms with Crippen LogP contribution in [0.1, 0.15) is 50.2 Å². The average Bonchev–Trinajstić information content (AvgIpc) is 2.48. The summed E-state index contributed by atoms with van der Waals surface area (Å²) in [7, 11) is -3.26. The molecule has 1 aromatic rings. The zero-order valence-electron chi connectivity index (χ0n) is 12.6. The molecule has 2 rings (SSSR count).